The molecule has 0 saturated carbocycles. The number of carbonyl (C=O) groups is 1. The molecule has 1 amide bonds. The van der Waals surface area contributed by atoms with Gasteiger partial charge in [0.25, 0.3) is 5.69 Å². The van der Waals surface area contributed by atoms with Crippen LogP contribution < -0.4 is 5.32 Å². The molecule has 1 N–H and O–H groups in total. The number of nitrogens with one attached hydrogen (secondary N) is 1. The third kappa shape index (κ3) is 3.77. The Morgan fingerprint density at radius 2 is 2.00 bits per heavy atom. The van der Waals surface area contributed by atoms with Crippen LogP contribution in [0.15, 0.2) is 54.6 Å². The van der Waals surface area contributed by atoms with Crippen LogP contribution >= 0.6 is 0 Å². The molecule has 0 aromatic heterocycles. The zero-order chi connectivity index (χ0) is 15.9. The van der Waals surface area contributed by atoms with Gasteiger partial charge in [0.15, 0.2) is 0 Å². The topological polar surface area (TPSA) is 96.0 Å². The molecule has 2 aromatic rings. The molecule has 2 aromatic carbocycles. The van der Waals surface area contributed by atoms with Gasteiger partial charge in [0.05, 0.1) is 22.1 Å². The Hall–Kier alpha value is -3.46. The number of para-hydroxylation sites is 1. The summed E-state index contributed by atoms with van der Waals surface area (Å²) in [5, 5.41) is 22.2. The normalized spacial score (nSPS) is 10.1. The van der Waals surface area contributed by atoms with Gasteiger partial charge in [0, 0.05) is 17.8 Å². The molecule has 0 heterocycles. The molecule has 0 aliphatic heterocycles. The molecular weight excluding hydrogens is 282 g/mol. The molecule has 0 bridgehead atoms. The van der Waals surface area contributed by atoms with Gasteiger partial charge in [-0.2, -0.15) is 5.26 Å². The van der Waals surface area contributed by atoms with Gasteiger partial charge < -0.3 is 5.32 Å². The number of hydrogen-bond donors (Lipinski definition) is 1. The zero-order valence-corrected chi connectivity index (χ0v) is 11.4. The summed E-state index contributed by atoms with van der Waals surface area (Å²) in [6, 6.07) is 14.6. The highest BCUT2D eigenvalue weighted by Crippen LogP contribution is 2.19. The summed E-state index contributed by atoms with van der Waals surface area (Å²) >= 11 is 0. The van der Waals surface area contributed by atoms with Gasteiger partial charge in [-0.25, -0.2) is 0 Å². The maximum absolute atomic E-state index is 11.8. The number of amides is 1. The maximum Gasteiger partial charge on any atom is 0.276 e. The van der Waals surface area contributed by atoms with E-state index >= 15 is 0 Å². The second kappa shape index (κ2) is 6.81. The molecule has 108 valence electrons. The van der Waals surface area contributed by atoms with Crippen LogP contribution in [0.4, 0.5) is 11.4 Å². The fourth-order valence-electron chi connectivity index (χ4n) is 1.81. The molecular formula is C16H11N3O3. The number of hydrogen-bond acceptors (Lipinski definition) is 4. The molecule has 2 rings (SSSR count). The van der Waals surface area contributed by atoms with E-state index in [9.17, 15) is 14.9 Å². The van der Waals surface area contributed by atoms with Gasteiger partial charge in [0.2, 0.25) is 5.91 Å². The SMILES string of the molecule is N#Cc1cccc(NC(=O)C=Cc2ccccc2[N+](=O)[O-])c1. The van der Waals surface area contributed by atoms with E-state index in [2.05, 4.69) is 5.32 Å². The molecule has 6 nitrogen and oxygen atoms in total. The van der Waals surface area contributed by atoms with Crippen molar-refractivity contribution in [3.05, 3.63) is 75.8 Å². The van der Waals surface area contributed by atoms with E-state index in [0.717, 1.165) is 0 Å². The lowest BCUT2D eigenvalue weighted by Crippen LogP contribution is -2.07. The first-order chi connectivity index (χ1) is 10.6. The van der Waals surface area contributed by atoms with E-state index in [4.69, 9.17) is 5.26 Å². The summed E-state index contributed by atoms with van der Waals surface area (Å²) in [5.41, 5.74) is 1.18. The minimum atomic E-state index is -0.506. The lowest BCUT2D eigenvalue weighted by Gasteiger charge is -2.02. The van der Waals surface area contributed by atoms with Gasteiger partial charge >= 0.3 is 0 Å². The zero-order valence-electron chi connectivity index (χ0n) is 11.4. The highest BCUT2D eigenvalue weighted by Gasteiger charge is 2.09. The van der Waals surface area contributed by atoms with Crippen molar-refractivity contribution in [3.63, 3.8) is 0 Å². The van der Waals surface area contributed by atoms with Gasteiger partial charge in [-0.15, -0.1) is 0 Å². The van der Waals surface area contributed by atoms with Crippen LogP contribution in [-0.4, -0.2) is 10.8 Å². The highest BCUT2D eigenvalue weighted by atomic mass is 16.6. The van der Waals surface area contributed by atoms with Crippen LogP contribution in [0.3, 0.4) is 0 Å². The lowest BCUT2D eigenvalue weighted by molar-refractivity contribution is -0.385. The van der Waals surface area contributed by atoms with Crippen molar-refractivity contribution in [2.24, 2.45) is 0 Å². The quantitative estimate of drug-likeness (QED) is 0.532. The highest BCUT2D eigenvalue weighted by molar-refractivity contribution is 6.02. The third-order valence-electron chi connectivity index (χ3n) is 2.81. The van der Waals surface area contributed by atoms with Crippen molar-refractivity contribution in [2.45, 2.75) is 0 Å². The first-order valence-corrected chi connectivity index (χ1v) is 6.33. The van der Waals surface area contributed by atoms with Crippen LogP contribution in [0.25, 0.3) is 6.08 Å². The van der Waals surface area contributed by atoms with Gasteiger partial charge in [-0.05, 0) is 30.3 Å². The monoisotopic (exact) mass is 293 g/mol. The maximum atomic E-state index is 11.8. The molecule has 22 heavy (non-hydrogen) atoms. The molecule has 0 aliphatic rings. The smallest absolute Gasteiger partial charge is 0.276 e. The molecule has 6 heteroatoms. The van der Waals surface area contributed by atoms with Gasteiger partial charge in [-0.1, -0.05) is 18.2 Å². The first-order valence-electron chi connectivity index (χ1n) is 6.33. The molecule has 0 saturated heterocycles. The molecule has 0 atom stereocenters. The summed E-state index contributed by atoms with van der Waals surface area (Å²) < 4.78 is 0. The number of carbonyl (C=O) groups excluding carboxylic acids is 1. The Kier molecular flexibility index (Phi) is 4.63. The standard InChI is InChI=1S/C16H11N3O3/c17-11-12-4-3-6-14(10-12)18-16(20)9-8-13-5-1-2-7-15(13)19(21)22/h1-10H,(H,18,20). The fraction of sp³-hybridized carbons (Fsp3) is 0. The number of rotatable bonds is 4. The number of anilines is 1. The Balaban J connectivity index is 2.12. The van der Waals surface area contributed by atoms with E-state index in [1.165, 1.54) is 24.3 Å². The Bertz CT molecular complexity index is 791. The van der Waals surface area contributed by atoms with Crippen molar-refractivity contribution < 1.29 is 9.72 Å². The van der Waals surface area contributed by atoms with Crippen LogP contribution in [0.5, 0.6) is 0 Å². The summed E-state index contributed by atoms with van der Waals surface area (Å²) in [5.74, 6) is -0.437. The number of nitro groups is 1. The predicted molar refractivity (Wildman–Crippen MR) is 81.9 cm³/mol. The van der Waals surface area contributed by atoms with Crippen molar-refractivity contribution in [1.29, 1.82) is 5.26 Å². The van der Waals surface area contributed by atoms with Gasteiger partial charge in [0.1, 0.15) is 0 Å². The number of nitriles is 1. The summed E-state index contributed by atoms with van der Waals surface area (Å²) in [4.78, 5) is 22.2. The average Bonchev–Trinajstić information content (AvgIpc) is 2.53. The van der Waals surface area contributed by atoms with E-state index < -0.39 is 10.8 Å². The number of nitrogens with zero attached hydrogens (tertiary/aromatic N) is 2. The fourth-order valence-corrected chi connectivity index (χ4v) is 1.81. The lowest BCUT2D eigenvalue weighted by atomic mass is 10.1. The second-order valence-corrected chi connectivity index (χ2v) is 4.33. The van der Waals surface area contributed by atoms with E-state index in [1.807, 2.05) is 6.07 Å². The minimum absolute atomic E-state index is 0.0713. The third-order valence-corrected chi connectivity index (χ3v) is 2.81. The van der Waals surface area contributed by atoms with Crippen LogP contribution in [0, 0.1) is 21.4 Å². The van der Waals surface area contributed by atoms with Crippen molar-refractivity contribution in [2.75, 3.05) is 5.32 Å². The number of nitro benzene ring substituents is 1. The first kappa shape index (κ1) is 14.9. The summed E-state index contributed by atoms with van der Waals surface area (Å²) in [7, 11) is 0. The van der Waals surface area contributed by atoms with Crippen LogP contribution in [0.1, 0.15) is 11.1 Å². The van der Waals surface area contributed by atoms with Gasteiger partial charge in [-0.3, -0.25) is 14.9 Å². The largest absolute Gasteiger partial charge is 0.322 e. The van der Waals surface area contributed by atoms with Crippen LogP contribution in [-0.2, 0) is 4.79 Å². The molecule has 0 spiro atoms. The van der Waals surface area contributed by atoms with E-state index in [0.29, 0.717) is 16.8 Å². The molecule has 0 fully saturated rings. The van der Waals surface area contributed by atoms with Crippen molar-refractivity contribution in [3.8, 4) is 6.07 Å². The average molecular weight is 293 g/mol. The summed E-state index contributed by atoms with van der Waals surface area (Å²) in [6.07, 6.45) is 2.59. The van der Waals surface area contributed by atoms with E-state index in [-0.39, 0.29) is 5.69 Å². The Morgan fingerprint density at radius 1 is 1.23 bits per heavy atom. The van der Waals surface area contributed by atoms with E-state index in [1.54, 1.807) is 36.4 Å². The minimum Gasteiger partial charge on any atom is -0.322 e. The van der Waals surface area contributed by atoms with Crippen molar-refractivity contribution in [1.82, 2.24) is 0 Å². The van der Waals surface area contributed by atoms with Crippen LogP contribution in [0.2, 0.25) is 0 Å². The van der Waals surface area contributed by atoms with Crippen molar-refractivity contribution >= 4 is 23.4 Å². The number of benzene rings is 2. The molecule has 0 aliphatic carbocycles. The Morgan fingerprint density at radius 3 is 2.73 bits per heavy atom. The predicted octanol–water partition coefficient (Wildman–Crippen LogP) is 3.12. The molecule has 0 unspecified atom stereocenters. The second-order valence-electron chi connectivity index (χ2n) is 4.33. The summed E-state index contributed by atoms with van der Waals surface area (Å²) in [6.45, 7) is 0. The molecule has 0 radical (unpaired) electrons. The Labute approximate surface area is 126 Å².